The number of amides is 1. The zero-order valence-electron chi connectivity index (χ0n) is 22.4. The molecule has 0 bridgehead atoms. The molecule has 1 aliphatic heterocycles. The Labute approximate surface area is 249 Å². The molecule has 2 aromatic carbocycles. The van der Waals surface area contributed by atoms with E-state index in [0.29, 0.717) is 51.2 Å². The molecule has 1 unspecified atom stereocenters. The highest BCUT2D eigenvalue weighted by Crippen LogP contribution is 2.45. The van der Waals surface area contributed by atoms with Crippen LogP contribution in [0.2, 0.25) is 5.02 Å². The van der Waals surface area contributed by atoms with Crippen LogP contribution >= 0.6 is 34.7 Å². The van der Waals surface area contributed by atoms with Gasteiger partial charge in [-0.05, 0) is 62.2 Å². The molecule has 3 heterocycles. The van der Waals surface area contributed by atoms with Crippen molar-refractivity contribution in [1.82, 2.24) is 10.2 Å². The molecule has 4 aromatic rings. The first-order valence-corrected chi connectivity index (χ1v) is 15.0. The van der Waals surface area contributed by atoms with Gasteiger partial charge in [0.1, 0.15) is 5.76 Å². The SMILES string of the molecule is CCOc1ccc(C2C(C(=O)c3ccc(C)o3)=C(O)C(=O)N2c2nnc(SCc3ccccc3Cl)s2)cc1OCC. The van der Waals surface area contributed by atoms with Gasteiger partial charge in [-0.15, -0.1) is 10.2 Å². The lowest BCUT2D eigenvalue weighted by Gasteiger charge is -2.24. The van der Waals surface area contributed by atoms with Crippen molar-refractivity contribution in [2.75, 3.05) is 18.1 Å². The van der Waals surface area contributed by atoms with Crippen LogP contribution in [0.15, 0.2) is 74.7 Å². The number of ether oxygens (including phenoxy) is 2. The summed E-state index contributed by atoms with van der Waals surface area (Å²) < 4.78 is 17.7. The molecule has 12 heteroatoms. The van der Waals surface area contributed by atoms with Crippen LogP contribution in [0.3, 0.4) is 0 Å². The summed E-state index contributed by atoms with van der Waals surface area (Å²) in [5.74, 6) is -0.0174. The highest BCUT2D eigenvalue weighted by Gasteiger charge is 2.47. The molecule has 2 aromatic heterocycles. The highest BCUT2D eigenvalue weighted by molar-refractivity contribution is 8.00. The molecule has 0 aliphatic carbocycles. The normalized spacial score (nSPS) is 15.1. The number of aromatic nitrogens is 2. The number of thioether (sulfide) groups is 1. The summed E-state index contributed by atoms with van der Waals surface area (Å²) in [7, 11) is 0. The van der Waals surface area contributed by atoms with E-state index in [1.807, 2.05) is 38.1 Å². The molecule has 0 saturated heterocycles. The van der Waals surface area contributed by atoms with Crippen molar-refractivity contribution in [3.8, 4) is 11.5 Å². The number of rotatable bonds is 11. The monoisotopic (exact) mass is 611 g/mol. The molecular weight excluding hydrogens is 586 g/mol. The Balaban J connectivity index is 1.54. The van der Waals surface area contributed by atoms with Gasteiger partial charge in [0.15, 0.2) is 27.4 Å². The largest absolute Gasteiger partial charge is 0.503 e. The van der Waals surface area contributed by atoms with Crippen molar-refractivity contribution in [1.29, 1.82) is 0 Å². The minimum Gasteiger partial charge on any atom is -0.503 e. The number of aliphatic hydroxyl groups excluding tert-OH is 1. The van der Waals surface area contributed by atoms with Gasteiger partial charge in [0.25, 0.3) is 5.91 Å². The minimum atomic E-state index is -1.02. The number of furan rings is 1. The molecule has 1 aliphatic rings. The number of aliphatic hydroxyl groups is 1. The molecule has 41 heavy (non-hydrogen) atoms. The first-order chi connectivity index (χ1) is 19.8. The fourth-order valence-corrected chi connectivity index (χ4v) is 6.54. The summed E-state index contributed by atoms with van der Waals surface area (Å²) in [4.78, 5) is 28.5. The van der Waals surface area contributed by atoms with Crippen molar-refractivity contribution in [3.05, 3.63) is 93.6 Å². The smallest absolute Gasteiger partial charge is 0.296 e. The van der Waals surface area contributed by atoms with Gasteiger partial charge in [-0.25, -0.2) is 0 Å². The van der Waals surface area contributed by atoms with Gasteiger partial charge in [-0.1, -0.05) is 59.0 Å². The third-order valence-electron chi connectivity index (χ3n) is 6.21. The van der Waals surface area contributed by atoms with Gasteiger partial charge in [0.2, 0.25) is 10.9 Å². The van der Waals surface area contributed by atoms with E-state index in [-0.39, 0.29) is 16.5 Å². The summed E-state index contributed by atoms with van der Waals surface area (Å²) >= 11 is 8.88. The van der Waals surface area contributed by atoms with E-state index < -0.39 is 23.5 Å². The number of ketones is 1. The van der Waals surface area contributed by atoms with E-state index in [1.54, 1.807) is 31.2 Å². The minimum absolute atomic E-state index is 0.00733. The molecule has 212 valence electrons. The Morgan fingerprint density at radius 2 is 1.85 bits per heavy atom. The molecular formula is C29H26ClN3O6S2. The Morgan fingerprint density at radius 1 is 1.10 bits per heavy atom. The number of halogens is 1. The topological polar surface area (TPSA) is 115 Å². The molecule has 0 fully saturated rings. The fourth-order valence-electron chi connectivity index (χ4n) is 4.39. The summed E-state index contributed by atoms with van der Waals surface area (Å²) in [5, 5.41) is 20.4. The van der Waals surface area contributed by atoms with Crippen molar-refractivity contribution in [2.24, 2.45) is 0 Å². The molecule has 1 N–H and O–H groups in total. The predicted octanol–water partition coefficient (Wildman–Crippen LogP) is 6.97. The quantitative estimate of drug-likeness (QED) is 0.109. The van der Waals surface area contributed by atoms with Crippen molar-refractivity contribution < 1.29 is 28.6 Å². The van der Waals surface area contributed by atoms with Crippen molar-refractivity contribution in [3.63, 3.8) is 0 Å². The third-order valence-corrected chi connectivity index (χ3v) is 8.68. The molecule has 1 amide bonds. The Morgan fingerprint density at radius 3 is 2.56 bits per heavy atom. The second-order valence-electron chi connectivity index (χ2n) is 8.88. The van der Waals surface area contributed by atoms with E-state index in [0.717, 1.165) is 5.56 Å². The van der Waals surface area contributed by atoms with Crippen LogP contribution in [0.5, 0.6) is 11.5 Å². The number of aryl methyl sites for hydroxylation is 1. The maximum Gasteiger partial charge on any atom is 0.296 e. The lowest BCUT2D eigenvalue weighted by atomic mass is 9.95. The van der Waals surface area contributed by atoms with Gasteiger partial charge in [-0.2, -0.15) is 0 Å². The second kappa shape index (κ2) is 12.4. The van der Waals surface area contributed by atoms with E-state index in [2.05, 4.69) is 10.2 Å². The van der Waals surface area contributed by atoms with Crippen molar-refractivity contribution >= 4 is 51.5 Å². The maximum absolute atomic E-state index is 13.7. The molecule has 5 rings (SSSR count). The number of benzene rings is 2. The second-order valence-corrected chi connectivity index (χ2v) is 11.5. The van der Waals surface area contributed by atoms with Gasteiger partial charge >= 0.3 is 0 Å². The average Bonchev–Trinajstić information content (AvgIpc) is 3.67. The van der Waals surface area contributed by atoms with Crippen LogP contribution in [0.4, 0.5) is 5.13 Å². The van der Waals surface area contributed by atoms with E-state index >= 15 is 0 Å². The molecule has 0 spiro atoms. The number of carbonyl (C=O) groups excluding carboxylic acids is 2. The van der Waals surface area contributed by atoms with Crippen LogP contribution in [0.1, 0.15) is 47.3 Å². The van der Waals surface area contributed by atoms with Crippen LogP contribution in [-0.2, 0) is 10.5 Å². The van der Waals surface area contributed by atoms with Crippen LogP contribution in [0.25, 0.3) is 0 Å². The zero-order chi connectivity index (χ0) is 29.1. The van der Waals surface area contributed by atoms with Gasteiger partial charge in [0, 0.05) is 10.8 Å². The predicted molar refractivity (Wildman–Crippen MR) is 157 cm³/mol. The van der Waals surface area contributed by atoms with E-state index in [9.17, 15) is 14.7 Å². The van der Waals surface area contributed by atoms with Crippen LogP contribution < -0.4 is 14.4 Å². The Kier molecular flexibility index (Phi) is 8.67. The molecule has 0 radical (unpaired) electrons. The highest BCUT2D eigenvalue weighted by atomic mass is 35.5. The maximum atomic E-state index is 13.7. The first-order valence-electron chi connectivity index (χ1n) is 12.8. The van der Waals surface area contributed by atoms with Gasteiger partial charge in [-0.3, -0.25) is 14.5 Å². The number of hydrogen-bond donors (Lipinski definition) is 1. The summed E-state index contributed by atoms with van der Waals surface area (Å²) in [6, 6.07) is 14.8. The van der Waals surface area contributed by atoms with E-state index in [4.69, 9.17) is 25.5 Å². The van der Waals surface area contributed by atoms with Crippen LogP contribution in [0, 0.1) is 6.92 Å². The van der Waals surface area contributed by atoms with E-state index in [1.165, 1.54) is 34.1 Å². The standard InChI is InChI=1S/C29H26ClN3O6S2/c1-4-37-20-13-11-17(14-22(20)38-5-2)24-23(25(34)21-12-10-16(3)39-21)26(35)27(36)33(24)28-31-32-29(41-28)40-15-18-8-6-7-9-19(18)30/h6-14,24,35H,4-5,15H2,1-3H3. The third kappa shape index (κ3) is 5.83. The Bertz CT molecular complexity index is 1630. The fraction of sp³-hybridized carbons (Fsp3) is 0.241. The van der Waals surface area contributed by atoms with Crippen LogP contribution in [-0.4, -0.2) is 40.2 Å². The lowest BCUT2D eigenvalue weighted by Crippen LogP contribution is -2.31. The number of nitrogens with zero attached hydrogens (tertiary/aromatic N) is 3. The molecule has 0 saturated carbocycles. The van der Waals surface area contributed by atoms with Gasteiger partial charge in [0.05, 0.1) is 24.8 Å². The summed E-state index contributed by atoms with van der Waals surface area (Å²) in [6.07, 6.45) is 0. The number of carbonyl (C=O) groups is 2. The van der Waals surface area contributed by atoms with Gasteiger partial charge < -0.3 is 19.0 Å². The Hall–Kier alpha value is -3.80. The summed E-state index contributed by atoms with van der Waals surface area (Å²) in [5.41, 5.74) is 1.32. The molecule has 1 atom stereocenters. The zero-order valence-corrected chi connectivity index (χ0v) is 24.8. The number of Topliss-reactive ketones (excluding diaryl/α,β-unsaturated/α-hetero) is 1. The number of anilines is 1. The number of hydrogen-bond acceptors (Lipinski definition) is 10. The molecule has 9 nitrogen and oxygen atoms in total. The van der Waals surface area contributed by atoms with Crippen molar-refractivity contribution in [2.45, 2.75) is 36.9 Å². The summed E-state index contributed by atoms with van der Waals surface area (Å²) in [6.45, 7) is 6.21. The lowest BCUT2D eigenvalue weighted by molar-refractivity contribution is -0.117. The average molecular weight is 612 g/mol. The first kappa shape index (κ1) is 28.7.